The average molecular weight is 315 g/mol. The molecule has 4 nitrogen and oxygen atoms in total. The molecule has 1 amide bonds. The lowest BCUT2D eigenvalue weighted by molar-refractivity contribution is -0.128. The van der Waals surface area contributed by atoms with Crippen LogP contribution < -0.4 is 0 Å². The van der Waals surface area contributed by atoms with E-state index in [4.69, 9.17) is 0 Å². The molecule has 1 aromatic carbocycles. The number of thioether (sulfide) groups is 1. The molecule has 1 fully saturated rings. The molecule has 0 spiro atoms. The molecule has 0 bridgehead atoms. The number of carbonyl (C=O) groups is 1. The molecule has 3 rings (SSSR count). The Balaban J connectivity index is 1.64. The lowest BCUT2D eigenvalue weighted by atomic mass is 10.1. The average Bonchev–Trinajstić information content (AvgIpc) is 2.52. The molecule has 2 aromatic rings. The second-order valence-corrected chi connectivity index (χ2v) is 6.64. The van der Waals surface area contributed by atoms with Crippen molar-refractivity contribution in [3.63, 3.8) is 0 Å². The van der Waals surface area contributed by atoms with Gasteiger partial charge in [0.1, 0.15) is 5.03 Å². The highest BCUT2D eigenvalue weighted by Crippen LogP contribution is 2.25. The van der Waals surface area contributed by atoms with Gasteiger partial charge in [-0.05, 0) is 12.8 Å². The van der Waals surface area contributed by atoms with E-state index in [0.29, 0.717) is 5.75 Å². The van der Waals surface area contributed by atoms with Gasteiger partial charge in [0.2, 0.25) is 5.91 Å². The van der Waals surface area contributed by atoms with Crippen LogP contribution in [0.5, 0.6) is 0 Å². The summed E-state index contributed by atoms with van der Waals surface area (Å²) in [5, 5.41) is 11.2. The molecule has 1 aromatic heterocycles. The highest BCUT2D eigenvalue weighted by Gasteiger charge is 2.16. The van der Waals surface area contributed by atoms with Gasteiger partial charge in [0.05, 0.1) is 11.9 Å². The van der Waals surface area contributed by atoms with Gasteiger partial charge in [-0.25, -0.2) is 0 Å². The molecule has 0 atom stereocenters. The Morgan fingerprint density at radius 3 is 2.64 bits per heavy atom. The normalized spacial score (nSPS) is 16.3. The van der Waals surface area contributed by atoms with E-state index in [1.165, 1.54) is 31.0 Å². The van der Waals surface area contributed by atoms with Crippen LogP contribution in [0.4, 0.5) is 0 Å². The highest BCUT2D eigenvalue weighted by molar-refractivity contribution is 8.00. The van der Waals surface area contributed by atoms with Gasteiger partial charge < -0.3 is 4.90 Å². The standard InChI is InChI=1S/C17H21N3OS/c21-16(20-10-6-2-1-3-7-11-20)13-22-17-15-9-5-4-8-14(15)12-18-19-17/h4-5,8-9,12H,1-3,6-7,10-11,13H2. The summed E-state index contributed by atoms with van der Waals surface area (Å²) in [4.78, 5) is 14.4. The summed E-state index contributed by atoms with van der Waals surface area (Å²) in [7, 11) is 0. The zero-order valence-corrected chi connectivity index (χ0v) is 13.5. The fraction of sp³-hybridized carbons (Fsp3) is 0.471. The van der Waals surface area contributed by atoms with Crippen LogP contribution in [0, 0.1) is 0 Å². The summed E-state index contributed by atoms with van der Waals surface area (Å²) in [5.74, 6) is 0.671. The van der Waals surface area contributed by atoms with Crippen LogP contribution in [0.15, 0.2) is 35.5 Å². The summed E-state index contributed by atoms with van der Waals surface area (Å²) >= 11 is 1.50. The van der Waals surface area contributed by atoms with E-state index in [0.717, 1.165) is 41.7 Å². The second-order valence-electron chi connectivity index (χ2n) is 5.67. The quantitative estimate of drug-likeness (QED) is 0.813. The molecule has 0 saturated carbocycles. The van der Waals surface area contributed by atoms with E-state index < -0.39 is 0 Å². The van der Waals surface area contributed by atoms with E-state index in [2.05, 4.69) is 10.2 Å². The largest absolute Gasteiger partial charge is 0.342 e. The second kappa shape index (κ2) is 7.58. The Labute approximate surface area is 135 Å². The van der Waals surface area contributed by atoms with Crippen LogP contribution in [0.1, 0.15) is 32.1 Å². The third-order valence-corrected chi connectivity index (χ3v) is 5.04. The van der Waals surface area contributed by atoms with Crippen molar-refractivity contribution < 1.29 is 4.79 Å². The Morgan fingerprint density at radius 1 is 1.09 bits per heavy atom. The number of fused-ring (bicyclic) bond motifs is 1. The van der Waals surface area contributed by atoms with Gasteiger partial charge >= 0.3 is 0 Å². The summed E-state index contributed by atoms with van der Waals surface area (Å²) < 4.78 is 0. The minimum absolute atomic E-state index is 0.224. The molecule has 0 aliphatic carbocycles. The molecule has 0 N–H and O–H groups in total. The van der Waals surface area contributed by atoms with Gasteiger partial charge in [0.25, 0.3) is 0 Å². The smallest absolute Gasteiger partial charge is 0.232 e. The fourth-order valence-electron chi connectivity index (χ4n) is 2.83. The Kier molecular flexibility index (Phi) is 5.27. The predicted molar refractivity (Wildman–Crippen MR) is 89.9 cm³/mol. The molecule has 2 heterocycles. The zero-order valence-electron chi connectivity index (χ0n) is 12.7. The molecule has 0 unspecified atom stereocenters. The number of benzene rings is 1. The SMILES string of the molecule is O=C(CSc1nncc2ccccc12)N1CCCCCCC1. The third-order valence-electron chi connectivity index (χ3n) is 4.08. The van der Waals surface area contributed by atoms with Crippen molar-refractivity contribution >= 4 is 28.4 Å². The maximum Gasteiger partial charge on any atom is 0.232 e. The van der Waals surface area contributed by atoms with Crippen molar-refractivity contribution in [2.24, 2.45) is 0 Å². The van der Waals surface area contributed by atoms with Gasteiger partial charge in [0, 0.05) is 23.9 Å². The Hall–Kier alpha value is -1.62. The Bertz CT molecular complexity index is 633. The van der Waals surface area contributed by atoms with Gasteiger partial charge in [0.15, 0.2) is 0 Å². The van der Waals surface area contributed by atoms with Crippen molar-refractivity contribution in [1.29, 1.82) is 0 Å². The van der Waals surface area contributed by atoms with Gasteiger partial charge in [-0.2, -0.15) is 5.10 Å². The number of likely N-dealkylation sites (tertiary alicyclic amines) is 1. The maximum absolute atomic E-state index is 12.4. The molecular formula is C17H21N3OS. The number of nitrogens with zero attached hydrogens (tertiary/aromatic N) is 3. The lowest BCUT2D eigenvalue weighted by Crippen LogP contribution is -2.35. The van der Waals surface area contributed by atoms with Crippen LogP contribution in [0.25, 0.3) is 10.8 Å². The van der Waals surface area contributed by atoms with Crippen LogP contribution in [-0.2, 0) is 4.79 Å². The first-order valence-corrected chi connectivity index (χ1v) is 8.94. The number of rotatable bonds is 3. The lowest BCUT2D eigenvalue weighted by Gasteiger charge is -2.24. The van der Waals surface area contributed by atoms with E-state index in [9.17, 15) is 4.79 Å². The maximum atomic E-state index is 12.4. The van der Waals surface area contributed by atoms with E-state index in [-0.39, 0.29) is 5.91 Å². The monoisotopic (exact) mass is 315 g/mol. The van der Waals surface area contributed by atoms with Crippen molar-refractivity contribution in [3.05, 3.63) is 30.5 Å². The van der Waals surface area contributed by atoms with E-state index in [1.807, 2.05) is 29.2 Å². The summed E-state index contributed by atoms with van der Waals surface area (Å²) in [6.45, 7) is 1.81. The Morgan fingerprint density at radius 2 is 1.82 bits per heavy atom. The fourth-order valence-corrected chi connectivity index (χ4v) is 3.72. The summed E-state index contributed by atoms with van der Waals surface area (Å²) in [6.07, 6.45) is 7.81. The zero-order chi connectivity index (χ0) is 15.2. The third kappa shape index (κ3) is 3.77. The summed E-state index contributed by atoms with van der Waals surface area (Å²) in [6, 6.07) is 8.04. The van der Waals surface area contributed by atoms with Crippen LogP contribution in [-0.4, -0.2) is 39.8 Å². The number of carbonyl (C=O) groups excluding carboxylic acids is 1. The molecule has 1 saturated heterocycles. The number of amides is 1. The first kappa shape index (κ1) is 15.3. The van der Waals surface area contributed by atoms with Crippen LogP contribution in [0.2, 0.25) is 0 Å². The van der Waals surface area contributed by atoms with Crippen LogP contribution >= 0.6 is 11.8 Å². The first-order chi connectivity index (χ1) is 10.8. The minimum atomic E-state index is 0.224. The highest BCUT2D eigenvalue weighted by atomic mass is 32.2. The molecule has 0 radical (unpaired) electrons. The molecule has 5 heteroatoms. The van der Waals surface area contributed by atoms with E-state index in [1.54, 1.807) is 6.20 Å². The first-order valence-electron chi connectivity index (χ1n) is 7.95. The predicted octanol–water partition coefficient (Wildman–Crippen LogP) is 3.51. The van der Waals surface area contributed by atoms with Crippen molar-refractivity contribution in [3.8, 4) is 0 Å². The summed E-state index contributed by atoms with van der Waals surface area (Å²) in [5.41, 5.74) is 0. The number of aromatic nitrogens is 2. The molecular weight excluding hydrogens is 294 g/mol. The van der Waals surface area contributed by atoms with Crippen molar-refractivity contribution in [2.75, 3.05) is 18.8 Å². The molecule has 116 valence electrons. The van der Waals surface area contributed by atoms with Crippen molar-refractivity contribution in [1.82, 2.24) is 15.1 Å². The number of hydrogen-bond donors (Lipinski definition) is 0. The van der Waals surface area contributed by atoms with E-state index >= 15 is 0 Å². The molecule has 1 aliphatic heterocycles. The van der Waals surface area contributed by atoms with Gasteiger partial charge in [-0.1, -0.05) is 55.3 Å². The molecule has 22 heavy (non-hydrogen) atoms. The van der Waals surface area contributed by atoms with Crippen molar-refractivity contribution in [2.45, 2.75) is 37.1 Å². The topological polar surface area (TPSA) is 46.1 Å². The molecule has 1 aliphatic rings. The van der Waals surface area contributed by atoms with Gasteiger partial charge in [-0.3, -0.25) is 4.79 Å². The van der Waals surface area contributed by atoms with Crippen LogP contribution in [0.3, 0.4) is 0 Å². The van der Waals surface area contributed by atoms with Gasteiger partial charge in [-0.15, -0.1) is 5.10 Å². The number of hydrogen-bond acceptors (Lipinski definition) is 4. The minimum Gasteiger partial charge on any atom is -0.342 e.